The summed E-state index contributed by atoms with van der Waals surface area (Å²) in [5.74, 6) is 1.98. The fourth-order valence-electron chi connectivity index (χ4n) is 5.46. The molecule has 0 N–H and O–H groups in total. The van der Waals surface area contributed by atoms with Crippen molar-refractivity contribution in [1.82, 2.24) is 9.80 Å². The van der Waals surface area contributed by atoms with E-state index in [9.17, 15) is 0 Å². The minimum atomic E-state index is 0.789. The summed E-state index contributed by atoms with van der Waals surface area (Å²) in [4.78, 5) is 5.49. The van der Waals surface area contributed by atoms with E-state index < -0.39 is 0 Å². The van der Waals surface area contributed by atoms with Gasteiger partial charge in [0.05, 0.1) is 13.2 Å². The number of unbranched alkanes of at least 4 members (excludes halogenated alkanes) is 4. The van der Waals surface area contributed by atoms with Gasteiger partial charge in [-0.05, 0) is 121 Å². The molecule has 1 aliphatic rings. The van der Waals surface area contributed by atoms with Crippen molar-refractivity contribution in [3.05, 3.63) is 60.7 Å². The maximum atomic E-state index is 5.87. The number of benzene rings is 2. The topological polar surface area (TPSA) is 24.9 Å². The minimum Gasteiger partial charge on any atom is -0.494 e. The molecular weight excluding hydrogens is 456 g/mol. The van der Waals surface area contributed by atoms with E-state index in [1.807, 2.05) is 60.7 Å². The predicted octanol–water partition coefficient (Wildman–Crippen LogP) is 7.83. The Morgan fingerprint density at radius 2 is 1.32 bits per heavy atom. The first-order valence-electron chi connectivity index (χ1n) is 15.2. The van der Waals surface area contributed by atoms with Gasteiger partial charge in [0.25, 0.3) is 0 Å². The molecule has 2 aromatic carbocycles. The van der Waals surface area contributed by atoms with Gasteiger partial charge < -0.3 is 19.3 Å². The Labute approximate surface area is 227 Å². The third-order valence-corrected chi connectivity index (χ3v) is 7.69. The molecular formula is C33H52N2O2. The molecule has 2 aromatic rings. The number of nitrogens with zero attached hydrogens (tertiary/aromatic N) is 2. The summed E-state index contributed by atoms with van der Waals surface area (Å²) in [5, 5.41) is 0. The van der Waals surface area contributed by atoms with Gasteiger partial charge >= 0.3 is 0 Å². The lowest BCUT2D eigenvalue weighted by atomic mass is 10.0. The zero-order chi connectivity index (χ0) is 25.8. The molecule has 0 radical (unpaired) electrons. The molecule has 4 heteroatoms. The Morgan fingerprint density at radius 1 is 0.703 bits per heavy atom. The molecule has 0 amide bonds. The van der Waals surface area contributed by atoms with Crippen LogP contribution >= 0.6 is 0 Å². The van der Waals surface area contributed by atoms with Crippen molar-refractivity contribution in [3.63, 3.8) is 0 Å². The van der Waals surface area contributed by atoms with Crippen LogP contribution in [0.4, 0.5) is 0 Å². The molecule has 37 heavy (non-hydrogen) atoms. The molecule has 1 unspecified atom stereocenters. The molecule has 206 valence electrons. The second-order valence-corrected chi connectivity index (χ2v) is 10.6. The summed E-state index contributed by atoms with van der Waals surface area (Å²) in [6, 6.07) is 21.2. The van der Waals surface area contributed by atoms with E-state index >= 15 is 0 Å². The van der Waals surface area contributed by atoms with Crippen LogP contribution in [0.15, 0.2) is 60.7 Å². The fraction of sp³-hybridized carbons (Fsp3) is 0.636. The Bertz CT molecular complexity index is 785. The Morgan fingerprint density at radius 3 is 1.97 bits per heavy atom. The molecule has 1 atom stereocenters. The average molecular weight is 509 g/mol. The summed E-state index contributed by atoms with van der Waals surface area (Å²) < 4.78 is 11.7. The highest BCUT2D eigenvalue weighted by Crippen LogP contribution is 2.21. The molecule has 0 aliphatic carbocycles. The zero-order valence-corrected chi connectivity index (χ0v) is 23.5. The van der Waals surface area contributed by atoms with Gasteiger partial charge in [0.15, 0.2) is 0 Å². The van der Waals surface area contributed by atoms with Crippen LogP contribution < -0.4 is 9.47 Å². The van der Waals surface area contributed by atoms with E-state index in [-0.39, 0.29) is 0 Å². The second kappa shape index (κ2) is 19.1. The highest BCUT2D eigenvalue weighted by Gasteiger charge is 2.20. The number of rotatable bonds is 19. The molecule has 1 aliphatic heterocycles. The van der Waals surface area contributed by atoms with Crippen LogP contribution in [0.25, 0.3) is 0 Å². The third-order valence-electron chi connectivity index (χ3n) is 7.69. The maximum absolute atomic E-state index is 5.87. The van der Waals surface area contributed by atoms with Crippen molar-refractivity contribution in [2.24, 2.45) is 0 Å². The van der Waals surface area contributed by atoms with Crippen LogP contribution in [0, 0.1) is 0 Å². The normalized spacial score (nSPS) is 16.5. The lowest BCUT2D eigenvalue weighted by Crippen LogP contribution is -2.36. The molecule has 1 saturated heterocycles. The van der Waals surface area contributed by atoms with Crippen LogP contribution in [0.1, 0.15) is 84.0 Å². The van der Waals surface area contributed by atoms with Gasteiger partial charge in [-0.3, -0.25) is 0 Å². The summed E-state index contributed by atoms with van der Waals surface area (Å²) >= 11 is 0. The van der Waals surface area contributed by atoms with Gasteiger partial charge in [0.2, 0.25) is 0 Å². The maximum Gasteiger partial charge on any atom is 0.119 e. The molecule has 4 nitrogen and oxygen atoms in total. The van der Waals surface area contributed by atoms with Gasteiger partial charge in [0.1, 0.15) is 11.5 Å². The lowest BCUT2D eigenvalue weighted by Gasteiger charge is -2.31. The first-order chi connectivity index (χ1) is 18.3. The summed E-state index contributed by atoms with van der Waals surface area (Å²) in [7, 11) is 0. The van der Waals surface area contributed by atoms with E-state index in [1.165, 1.54) is 96.9 Å². The Balaban J connectivity index is 1.24. The van der Waals surface area contributed by atoms with Crippen molar-refractivity contribution in [2.45, 2.75) is 90.0 Å². The van der Waals surface area contributed by atoms with Crippen LogP contribution in [0.3, 0.4) is 0 Å². The number of likely N-dealkylation sites (tertiary alicyclic amines) is 1. The number of ether oxygens (including phenoxy) is 2. The SMILES string of the molecule is CCN(CCCCCOc1ccccc1)CCCC1CCCCCN1CCCCCOc1ccccc1. The summed E-state index contributed by atoms with van der Waals surface area (Å²) in [5.41, 5.74) is 0. The Hall–Kier alpha value is -2.04. The fourth-order valence-corrected chi connectivity index (χ4v) is 5.46. The van der Waals surface area contributed by atoms with Crippen LogP contribution in [0.2, 0.25) is 0 Å². The molecule has 0 aromatic heterocycles. The largest absolute Gasteiger partial charge is 0.494 e. The van der Waals surface area contributed by atoms with Crippen molar-refractivity contribution in [2.75, 3.05) is 45.9 Å². The van der Waals surface area contributed by atoms with Gasteiger partial charge in [0, 0.05) is 6.04 Å². The highest BCUT2D eigenvalue weighted by atomic mass is 16.5. The van der Waals surface area contributed by atoms with Crippen LogP contribution in [-0.2, 0) is 0 Å². The van der Waals surface area contributed by atoms with Crippen molar-refractivity contribution < 1.29 is 9.47 Å². The standard InChI is InChI=1S/C33H52N2O2/c1-2-34(25-13-6-16-29-36-32-21-9-3-10-22-32)26-18-20-31-19-8-5-14-27-35(31)28-15-7-17-30-37-33-23-11-4-12-24-33/h3-4,9-12,21-24,31H,2,5-8,13-20,25-30H2,1H3. The quantitative estimate of drug-likeness (QED) is 0.181. The summed E-state index contributed by atoms with van der Waals surface area (Å²) in [6.45, 7) is 10.2. The van der Waals surface area contributed by atoms with E-state index in [2.05, 4.69) is 16.7 Å². The predicted molar refractivity (Wildman–Crippen MR) is 157 cm³/mol. The van der Waals surface area contributed by atoms with Gasteiger partial charge in [-0.25, -0.2) is 0 Å². The smallest absolute Gasteiger partial charge is 0.119 e. The van der Waals surface area contributed by atoms with Gasteiger partial charge in [-0.2, -0.15) is 0 Å². The van der Waals surface area contributed by atoms with E-state index in [0.29, 0.717) is 0 Å². The minimum absolute atomic E-state index is 0.789. The first kappa shape index (κ1) is 29.5. The van der Waals surface area contributed by atoms with Crippen molar-refractivity contribution in [3.8, 4) is 11.5 Å². The van der Waals surface area contributed by atoms with Crippen LogP contribution in [0.5, 0.6) is 11.5 Å². The lowest BCUT2D eigenvalue weighted by molar-refractivity contribution is 0.173. The second-order valence-electron chi connectivity index (χ2n) is 10.6. The number of para-hydroxylation sites is 2. The molecule has 0 spiro atoms. The monoisotopic (exact) mass is 508 g/mol. The van der Waals surface area contributed by atoms with Gasteiger partial charge in [-0.15, -0.1) is 0 Å². The van der Waals surface area contributed by atoms with Crippen molar-refractivity contribution >= 4 is 0 Å². The van der Waals surface area contributed by atoms with E-state index in [1.54, 1.807) is 0 Å². The highest BCUT2D eigenvalue weighted by molar-refractivity contribution is 5.21. The van der Waals surface area contributed by atoms with Crippen molar-refractivity contribution in [1.29, 1.82) is 0 Å². The first-order valence-corrected chi connectivity index (χ1v) is 15.2. The molecule has 0 bridgehead atoms. The zero-order valence-electron chi connectivity index (χ0n) is 23.5. The van der Waals surface area contributed by atoms with Gasteiger partial charge in [-0.1, -0.05) is 56.2 Å². The van der Waals surface area contributed by atoms with E-state index in [0.717, 1.165) is 43.6 Å². The molecule has 3 rings (SSSR count). The average Bonchev–Trinajstić information content (AvgIpc) is 3.17. The number of hydrogen-bond acceptors (Lipinski definition) is 4. The molecule has 1 fully saturated rings. The van der Waals surface area contributed by atoms with E-state index in [4.69, 9.17) is 9.47 Å². The molecule has 1 heterocycles. The Kier molecular flexibility index (Phi) is 15.2. The summed E-state index contributed by atoms with van der Waals surface area (Å²) in [6.07, 6.45) is 15.6. The third kappa shape index (κ3) is 12.8. The number of hydrogen-bond donors (Lipinski definition) is 0. The van der Waals surface area contributed by atoms with Crippen LogP contribution in [-0.4, -0.2) is 61.8 Å². The molecule has 0 saturated carbocycles.